The van der Waals surface area contributed by atoms with Crippen molar-refractivity contribution in [1.82, 2.24) is 15.5 Å². The number of primary amides is 1. The number of carbonyl (C=O) groups excluding carboxylic acids is 2. The van der Waals surface area contributed by atoms with E-state index in [4.69, 9.17) is 17.3 Å². The summed E-state index contributed by atoms with van der Waals surface area (Å²) < 4.78 is 0. The summed E-state index contributed by atoms with van der Waals surface area (Å²) in [6.07, 6.45) is 0.774. The highest BCUT2D eigenvalue weighted by molar-refractivity contribution is 7.15. The molecule has 0 aliphatic carbocycles. The van der Waals surface area contributed by atoms with Crippen LogP contribution in [0.4, 0.5) is 9.93 Å². The normalized spacial score (nSPS) is 11.7. The lowest BCUT2D eigenvalue weighted by Gasteiger charge is -2.17. The predicted molar refractivity (Wildman–Crippen MR) is 89.4 cm³/mol. The molecule has 1 aromatic carbocycles. The molecule has 23 heavy (non-hydrogen) atoms. The van der Waals surface area contributed by atoms with Crippen LogP contribution in [0.1, 0.15) is 30.0 Å². The fourth-order valence-corrected chi connectivity index (χ4v) is 2.74. The molecule has 4 N–H and O–H groups in total. The minimum absolute atomic E-state index is 0.0195. The summed E-state index contributed by atoms with van der Waals surface area (Å²) >= 11 is 7.16. The Labute approximate surface area is 142 Å². The van der Waals surface area contributed by atoms with E-state index in [0.717, 1.165) is 17.0 Å². The number of rotatable bonds is 6. The average molecular weight is 354 g/mol. The third kappa shape index (κ3) is 5.19. The maximum atomic E-state index is 12.2. The maximum Gasteiger partial charge on any atom is 0.312 e. The van der Waals surface area contributed by atoms with Gasteiger partial charge in [0.05, 0.1) is 12.5 Å². The Morgan fingerprint density at radius 2 is 2.00 bits per heavy atom. The standard InChI is InChI=1S/C14H16ClN5O2S/c1-2-12-19-20-14(23-12)18-11(21)7-10(17-13(16)22)8-3-5-9(15)6-4-8/h3-6,10H,2,7H2,1H3,(H3,16,17,22)(H,18,20,21)/t10-/m0/s1. The van der Waals surface area contributed by atoms with Crippen LogP contribution in [0.2, 0.25) is 5.02 Å². The van der Waals surface area contributed by atoms with Gasteiger partial charge in [0.2, 0.25) is 11.0 Å². The van der Waals surface area contributed by atoms with Gasteiger partial charge >= 0.3 is 6.03 Å². The minimum Gasteiger partial charge on any atom is -0.352 e. The molecule has 0 unspecified atom stereocenters. The maximum absolute atomic E-state index is 12.2. The third-order valence-electron chi connectivity index (χ3n) is 2.99. The number of carbonyl (C=O) groups is 2. The van der Waals surface area contributed by atoms with Crippen LogP contribution in [0.25, 0.3) is 0 Å². The lowest BCUT2D eigenvalue weighted by molar-refractivity contribution is -0.116. The van der Waals surface area contributed by atoms with Crippen LogP contribution < -0.4 is 16.4 Å². The molecule has 0 fully saturated rings. The average Bonchev–Trinajstić information content (AvgIpc) is 2.94. The Bertz CT molecular complexity index is 689. The highest BCUT2D eigenvalue weighted by Crippen LogP contribution is 2.21. The lowest BCUT2D eigenvalue weighted by atomic mass is 10.0. The number of urea groups is 1. The molecule has 7 nitrogen and oxygen atoms in total. The summed E-state index contributed by atoms with van der Waals surface area (Å²) in [6, 6.07) is 5.57. The van der Waals surface area contributed by atoms with Gasteiger partial charge in [-0.3, -0.25) is 4.79 Å². The van der Waals surface area contributed by atoms with E-state index in [1.807, 2.05) is 6.92 Å². The van der Waals surface area contributed by atoms with Crippen molar-refractivity contribution >= 4 is 40.0 Å². The number of anilines is 1. The zero-order valence-corrected chi connectivity index (χ0v) is 13.9. The van der Waals surface area contributed by atoms with Crippen molar-refractivity contribution in [3.63, 3.8) is 0 Å². The van der Waals surface area contributed by atoms with Crippen molar-refractivity contribution < 1.29 is 9.59 Å². The first-order valence-electron chi connectivity index (χ1n) is 6.91. The van der Waals surface area contributed by atoms with Crippen LogP contribution in [0, 0.1) is 0 Å². The van der Waals surface area contributed by atoms with Crippen molar-refractivity contribution in [3.05, 3.63) is 39.9 Å². The van der Waals surface area contributed by atoms with E-state index < -0.39 is 12.1 Å². The minimum atomic E-state index is -0.707. The Morgan fingerprint density at radius 3 is 2.57 bits per heavy atom. The van der Waals surface area contributed by atoms with Crippen LogP contribution in [0.5, 0.6) is 0 Å². The molecule has 0 saturated heterocycles. The van der Waals surface area contributed by atoms with Gasteiger partial charge in [0.15, 0.2) is 0 Å². The second-order valence-electron chi connectivity index (χ2n) is 4.72. The summed E-state index contributed by atoms with van der Waals surface area (Å²) in [7, 11) is 0. The quantitative estimate of drug-likeness (QED) is 0.740. The number of nitrogens with two attached hydrogens (primary N) is 1. The van der Waals surface area contributed by atoms with E-state index in [2.05, 4.69) is 20.8 Å². The van der Waals surface area contributed by atoms with Gasteiger partial charge in [-0.15, -0.1) is 10.2 Å². The molecular weight excluding hydrogens is 338 g/mol. The second kappa shape index (κ2) is 7.89. The number of halogens is 1. The first-order valence-corrected chi connectivity index (χ1v) is 8.11. The molecular formula is C14H16ClN5O2S. The summed E-state index contributed by atoms with van der Waals surface area (Å²) in [5, 5.41) is 14.9. The van der Waals surface area contributed by atoms with Gasteiger partial charge in [-0.25, -0.2) is 4.79 Å². The van der Waals surface area contributed by atoms with Crippen LogP contribution in [-0.2, 0) is 11.2 Å². The van der Waals surface area contributed by atoms with E-state index >= 15 is 0 Å². The van der Waals surface area contributed by atoms with Crippen molar-refractivity contribution in [1.29, 1.82) is 0 Å². The van der Waals surface area contributed by atoms with E-state index in [-0.39, 0.29) is 12.3 Å². The molecule has 0 spiro atoms. The molecule has 2 aromatic rings. The highest BCUT2D eigenvalue weighted by atomic mass is 35.5. The fourth-order valence-electron chi connectivity index (χ4n) is 1.92. The molecule has 1 atom stereocenters. The monoisotopic (exact) mass is 353 g/mol. The number of nitrogens with one attached hydrogen (secondary N) is 2. The Hall–Kier alpha value is -2.19. The van der Waals surface area contributed by atoms with Crippen molar-refractivity contribution in [2.45, 2.75) is 25.8 Å². The molecule has 0 radical (unpaired) electrons. The summed E-state index contributed by atoms with van der Waals surface area (Å²) in [5.41, 5.74) is 5.91. The van der Waals surface area contributed by atoms with E-state index in [0.29, 0.717) is 10.2 Å². The number of aryl methyl sites for hydroxylation is 1. The topological polar surface area (TPSA) is 110 Å². The summed E-state index contributed by atoms with van der Waals surface area (Å²) in [5.74, 6) is -0.294. The number of benzene rings is 1. The molecule has 0 aliphatic heterocycles. The molecule has 2 rings (SSSR count). The van der Waals surface area contributed by atoms with Gasteiger partial charge in [-0.05, 0) is 24.1 Å². The Kier molecular flexibility index (Phi) is 5.89. The zero-order valence-electron chi connectivity index (χ0n) is 12.4. The zero-order chi connectivity index (χ0) is 16.8. The first kappa shape index (κ1) is 17.2. The van der Waals surface area contributed by atoms with Crippen LogP contribution in [0.15, 0.2) is 24.3 Å². The van der Waals surface area contributed by atoms with Gasteiger partial charge in [0.25, 0.3) is 0 Å². The van der Waals surface area contributed by atoms with Gasteiger partial charge in [0, 0.05) is 5.02 Å². The summed E-state index contributed by atoms with van der Waals surface area (Å²) in [6.45, 7) is 1.96. The first-order chi connectivity index (χ1) is 11.0. The van der Waals surface area contributed by atoms with Gasteiger partial charge in [-0.1, -0.05) is 42.0 Å². The predicted octanol–water partition coefficient (Wildman–Crippen LogP) is 2.49. The van der Waals surface area contributed by atoms with Crippen molar-refractivity contribution in [2.24, 2.45) is 5.73 Å². The fraction of sp³-hybridized carbons (Fsp3) is 0.286. The van der Waals surface area contributed by atoms with E-state index in [1.165, 1.54) is 11.3 Å². The molecule has 9 heteroatoms. The van der Waals surface area contributed by atoms with Crippen molar-refractivity contribution in [2.75, 3.05) is 5.32 Å². The number of hydrogen-bond acceptors (Lipinski definition) is 5. The van der Waals surface area contributed by atoms with E-state index in [9.17, 15) is 9.59 Å². The second-order valence-corrected chi connectivity index (χ2v) is 6.22. The number of aromatic nitrogens is 2. The summed E-state index contributed by atoms with van der Waals surface area (Å²) in [4.78, 5) is 23.3. The van der Waals surface area contributed by atoms with Crippen LogP contribution in [0.3, 0.4) is 0 Å². The van der Waals surface area contributed by atoms with Gasteiger partial charge < -0.3 is 16.4 Å². The number of amides is 3. The number of hydrogen-bond donors (Lipinski definition) is 3. The molecule has 122 valence electrons. The lowest BCUT2D eigenvalue weighted by Crippen LogP contribution is -2.35. The third-order valence-corrected chi connectivity index (χ3v) is 4.23. The van der Waals surface area contributed by atoms with E-state index in [1.54, 1.807) is 24.3 Å². The van der Waals surface area contributed by atoms with Crippen molar-refractivity contribution in [3.8, 4) is 0 Å². The smallest absolute Gasteiger partial charge is 0.312 e. The molecule has 0 saturated carbocycles. The highest BCUT2D eigenvalue weighted by Gasteiger charge is 2.18. The molecule has 3 amide bonds. The molecule has 1 heterocycles. The van der Waals surface area contributed by atoms with Gasteiger partial charge in [0.1, 0.15) is 5.01 Å². The number of nitrogens with zero attached hydrogens (tertiary/aromatic N) is 2. The Morgan fingerprint density at radius 1 is 1.30 bits per heavy atom. The van der Waals surface area contributed by atoms with Gasteiger partial charge in [-0.2, -0.15) is 0 Å². The molecule has 0 aliphatic rings. The molecule has 1 aromatic heterocycles. The van der Waals surface area contributed by atoms with Crippen LogP contribution in [-0.4, -0.2) is 22.1 Å². The van der Waals surface area contributed by atoms with Crippen LogP contribution >= 0.6 is 22.9 Å². The SMILES string of the molecule is CCc1nnc(NC(=O)C[C@H](NC(N)=O)c2ccc(Cl)cc2)s1. The largest absolute Gasteiger partial charge is 0.352 e. The molecule has 0 bridgehead atoms. The Balaban J connectivity index is 2.05.